The molecule has 0 bridgehead atoms. The summed E-state index contributed by atoms with van der Waals surface area (Å²) in [5.74, 6) is 2.68. The molecule has 2 saturated heterocycles. The van der Waals surface area contributed by atoms with E-state index < -0.39 is 0 Å². The van der Waals surface area contributed by atoms with Crippen LogP contribution in [0.25, 0.3) is 0 Å². The Morgan fingerprint density at radius 3 is 2.52 bits per heavy atom. The summed E-state index contributed by atoms with van der Waals surface area (Å²) in [7, 11) is 0. The quantitative estimate of drug-likeness (QED) is 0.849. The van der Waals surface area contributed by atoms with Crippen LogP contribution in [0.5, 0.6) is 0 Å². The maximum atomic E-state index is 10.6. The average Bonchev–Trinajstić information content (AvgIpc) is 2.89. The molecule has 1 N–H and O–H groups in total. The summed E-state index contributed by atoms with van der Waals surface area (Å²) < 4.78 is 2.04. The lowest BCUT2D eigenvalue weighted by molar-refractivity contribution is 0.0321. The Hall–Kier alpha value is -0.980. The second-order valence-electron chi connectivity index (χ2n) is 8.17. The van der Waals surface area contributed by atoms with Crippen LogP contribution in [0.15, 0.2) is 0 Å². The van der Waals surface area contributed by atoms with Crippen LogP contribution in [-0.4, -0.2) is 74.5 Å². The van der Waals surface area contributed by atoms with Crippen LogP contribution in [0.3, 0.4) is 0 Å². The molecule has 0 saturated carbocycles. The number of rotatable bonds is 6. The van der Waals surface area contributed by atoms with E-state index in [-0.39, 0.29) is 6.10 Å². The van der Waals surface area contributed by atoms with E-state index in [2.05, 4.69) is 26.8 Å². The van der Waals surface area contributed by atoms with Crippen molar-refractivity contribution in [3.05, 3.63) is 11.6 Å². The van der Waals surface area contributed by atoms with E-state index in [1.807, 2.05) is 18.5 Å². The lowest BCUT2D eigenvalue weighted by Gasteiger charge is -2.38. The molecule has 3 heterocycles. The van der Waals surface area contributed by atoms with E-state index in [9.17, 15) is 5.11 Å². The van der Waals surface area contributed by atoms with Crippen molar-refractivity contribution in [2.45, 2.75) is 71.6 Å². The molecule has 0 aliphatic carbocycles. The SMILES string of the molecule is Cc1nc(C)n(C[C@H]2CCCCN2C[C@H](O)CN2CCC(C)CC2)n1. The van der Waals surface area contributed by atoms with E-state index in [0.29, 0.717) is 6.04 Å². The molecule has 0 spiro atoms. The Morgan fingerprint density at radius 2 is 1.84 bits per heavy atom. The number of aliphatic hydroxyl groups is 1. The smallest absolute Gasteiger partial charge is 0.147 e. The number of aromatic nitrogens is 3. The van der Waals surface area contributed by atoms with Gasteiger partial charge in [0.25, 0.3) is 0 Å². The first-order chi connectivity index (χ1) is 12.0. The predicted molar refractivity (Wildman–Crippen MR) is 99.6 cm³/mol. The molecule has 0 amide bonds. The number of nitrogens with zero attached hydrogens (tertiary/aromatic N) is 5. The minimum Gasteiger partial charge on any atom is -0.390 e. The van der Waals surface area contributed by atoms with Crippen molar-refractivity contribution >= 4 is 0 Å². The molecule has 2 aliphatic rings. The Kier molecular flexibility index (Phi) is 6.47. The lowest BCUT2D eigenvalue weighted by atomic mass is 9.98. The second kappa shape index (κ2) is 8.60. The molecule has 1 aromatic rings. The maximum Gasteiger partial charge on any atom is 0.147 e. The Labute approximate surface area is 152 Å². The van der Waals surface area contributed by atoms with Gasteiger partial charge in [-0.2, -0.15) is 5.10 Å². The minimum atomic E-state index is -0.257. The molecule has 142 valence electrons. The van der Waals surface area contributed by atoms with Gasteiger partial charge in [-0.25, -0.2) is 9.67 Å². The molecule has 2 fully saturated rings. The van der Waals surface area contributed by atoms with Crippen molar-refractivity contribution in [2.75, 3.05) is 32.7 Å². The summed E-state index contributed by atoms with van der Waals surface area (Å²) in [4.78, 5) is 9.35. The van der Waals surface area contributed by atoms with Crippen molar-refractivity contribution in [1.29, 1.82) is 0 Å². The van der Waals surface area contributed by atoms with Crippen LogP contribution >= 0.6 is 0 Å². The zero-order valence-corrected chi connectivity index (χ0v) is 16.2. The highest BCUT2D eigenvalue weighted by atomic mass is 16.3. The van der Waals surface area contributed by atoms with Crippen LogP contribution in [-0.2, 0) is 6.54 Å². The number of hydrogen-bond donors (Lipinski definition) is 1. The molecule has 6 heteroatoms. The van der Waals surface area contributed by atoms with E-state index in [1.54, 1.807) is 0 Å². The zero-order chi connectivity index (χ0) is 17.8. The van der Waals surface area contributed by atoms with Gasteiger partial charge in [0.2, 0.25) is 0 Å². The van der Waals surface area contributed by atoms with Crippen LogP contribution in [0.2, 0.25) is 0 Å². The highest BCUT2D eigenvalue weighted by Gasteiger charge is 2.27. The Morgan fingerprint density at radius 1 is 1.08 bits per heavy atom. The van der Waals surface area contributed by atoms with Gasteiger partial charge >= 0.3 is 0 Å². The van der Waals surface area contributed by atoms with Crippen LogP contribution in [0, 0.1) is 19.8 Å². The van der Waals surface area contributed by atoms with Crippen LogP contribution in [0.4, 0.5) is 0 Å². The van der Waals surface area contributed by atoms with Gasteiger partial charge in [-0.1, -0.05) is 13.3 Å². The second-order valence-corrected chi connectivity index (χ2v) is 8.17. The molecule has 0 aromatic carbocycles. The third kappa shape index (κ3) is 5.25. The molecule has 3 rings (SSSR count). The largest absolute Gasteiger partial charge is 0.390 e. The third-order valence-electron chi connectivity index (χ3n) is 5.89. The first kappa shape index (κ1) is 18.8. The monoisotopic (exact) mass is 349 g/mol. The number of aryl methyl sites for hydroxylation is 2. The van der Waals surface area contributed by atoms with Gasteiger partial charge in [-0.3, -0.25) is 4.90 Å². The molecule has 25 heavy (non-hydrogen) atoms. The number of aliphatic hydroxyl groups excluding tert-OH is 1. The van der Waals surface area contributed by atoms with Gasteiger partial charge in [0, 0.05) is 19.1 Å². The van der Waals surface area contributed by atoms with Gasteiger partial charge in [0.15, 0.2) is 0 Å². The summed E-state index contributed by atoms with van der Waals surface area (Å²) in [6, 6.07) is 0.463. The summed E-state index contributed by atoms with van der Waals surface area (Å²) in [6.07, 6.45) is 5.97. The Balaban J connectivity index is 1.52. The first-order valence-corrected chi connectivity index (χ1v) is 10.0. The summed E-state index contributed by atoms with van der Waals surface area (Å²) >= 11 is 0. The average molecular weight is 350 g/mol. The molecule has 0 radical (unpaired) electrons. The molecule has 6 nitrogen and oxygen atoms in total. The molecule has 2 atom stereocenters. The van der Waals surface area contributed by atoms with Crippen molar-refractivity contribution in [2.24, 2.45) is 5.92 Å². The van der Waals surface area contributed by atoms with E-state index in [4.69, 9.17) is 0 Å². The summed E-state index contributed by atoms with van der Waals surface area (Å²) in [6.45, 7) is 12.2. The number of hydrogen-bond acceptors (Lipinski definition) is 5. The maximum absolute atomic E-state index is 10.6. The highest BCUT2D eigenvalue weighted by Crippen LogP contribution is 2.20. The van der Waals surface area contributed by atoms with Gasteiger partial charge in [-0.15, -0.1) is 0 Å². The van der Waals surface area contributed by atoms with Gasteiger partial charge in [0.05, 0.1) is 12.6 Å². The highest BCUT2D eigenvalue weighted by molar-refractivity contribution is 4.90. The fourth-order valence-corrected chi connectivity index (χ4v) is 4.31. The standard InChI is InChI=1S/C19H35N5O/c1-15-7-10-22(11-8-15)13-19(25)14-23-9-5-4-6-18(23)12-24-17(3)20-16(2)21-24/h15,18-19,25H,4-14H2,1-3H3/t18-,19-/m1/s1. The van der Waals surface area contributed by atoms with Gasteiger partial charge in [0.1, 0.15) is 11.6 Å². The lowest BCUT2D eigenvalue weighted by Crippen LogP contribution is -2.49. The first-order valence-electron chi connectivity index (χ1n) is 10.0. The van der Waals surface area contributed by atoms with Gasteiger partial charge < -0.3 is 10.0 Å². The van der Waals surface area contributed by atoms with Crippen molar-refractivity contribution in [3.8, 4) is 0 Å². The van der Waals surface area contributed by atoms with E-state index in [0.717, 1.165) is 56.8 Å². The fourth-order valence-electron chi connectivity index (χ4n) is 4.31. The summed E-state index contributed by atoms with van der Waals surface area (Å²) in [5.41, 5.74) is 0. The minimum absolute atomic E-state index is 0.257. The molecule has 0 unspecified atom stereocenters. The summed E-state index contributed by atoms with van der Waals surface area (Å²) in [5, 5.41) is 15.2. The van der Waals surface area contributed by atoms with Crippen LogP contribution in [0.1, 0.15) is 50.7 Å². The molecular weight excluding hydrogens is 314 g/mol. The topological polar surface area (TPSA) is 57.4 Å². The molecular formula is C19H35N5O. The predicted octanol–water partition coefficient (Wildman–Crippen LogP) is 1.84. The third-order valence-corrected chi connectivity index (χ3v) is 5.89. The fraction of sp³-hybridized carbons (Fsp3) is 0.895. The number of β-amino-alcohol motifs (C(OH)–C–C–N with tert-alkyl or cyclic N) is 1. The van der Waals surface area contributed by atoms with Crippen molar-refractivity contribution in [3.63, 3.8) is 0 Å². The Bertz CT molecular complexity index is 538. The van der Waals surface area contributed by atoms with Crippen LogP contribution < -0.4 is 0 Å². The molecule has 1 aromatic heterocycles. The van der Waals surface area contributed by atoms with Crippen molar-refractivity contribution < 1.29 is 5.11 Å². The van der Waals surface area contributed by atoms with Crippen molar-refractivity contribution in [1.82, 2.24) is 24.6 Å². The number of likely N-dealkylation sites (tertiary alicyclic amines) is 2. The number of piperidine rings is 2. The van der Waals surface area contributed by atoms with Gasteiger partial charge in [-0.05, 0) is 65.1 Å². The van der Waals surface area contributed by atoms with E-state index >= 15 is 0 Å². The normalized spacial score (nSPS) is 25.4. The molecule has 2 aliphatic heterocycles. The van der Waals surface area contributed by atoms with E-state index in [1.165, 1.54) is 32.1 Å². The zero-order valence-electron chi connectivity index (χ0n) is 16.2.